The Kier molecular flexibility index (Phi) is 3.62. The summed E-state index contributed by atoms with van der Waals surface area (Å²) in [6, 6.07) is 1.01. The van der Waals surface area contributed by atoms with Gasteiger partial charge in [0.2, 0.25) is 0 Å². The summed E-state index contributed by atoms with van der Waals surface area (Å²) in [6.45, 7) is -0.159. The van der Waals surface area contributed by atoms with Gasteiger partial charge in [-0.05, 0) is 6.07 Å². The first-order valence-electron chi connectivity index (χ1n) is 3.63. The minimum Gasteiger partial charge on any atom is -0.493 e. The van der Waals surface area contributed by atoms with Crippen molar-refractivity contribution in [2.24, 2.45) is 5.90 Å². The predicted octanol–water partition coefficient (Wildman–Crippen LogP) is 2.02. The Morgan fingerprint density at radius 3 is 2.64 bits per heavy atom. The molecule has 3 nitrogen and oxygen atoms in total. The average Bonchev–Trinajstić information content (AvgIpc) is 2.16. The van der Waals surface area contributed by atoms with Gasteiger partial charge in [0.25, 0.3) is 0 Å². The molecular formula is C8H8ClF2NO2. The number of hydrogen-bond acceptors (Lipinski definition) is 3. The molecule has 0 aliphatic carbocycles. The lowest BCUT2D eigenvalue weighted by atomic mass is 10.2. The van der Waals surface area contributed by atoms with E-state index in [9.17, 15) is 8.78 Å². The summed E-state index contributed by atoms with van der Waals surface area (Å²) >= 11 is 5.33. The maximum atomic E-state index is 13.3. The second-order valence-corrected chi connectivity index (χ2v) is 2.87. The van der Waals surface area contributed by atoms with Crippen molar-refractivity contribution in [2.75, 3.05) is 7.11 Å². The summed E-state index contributed by atoms with van der Waals surface area (Å²) in [7, 11) is 1.24. The number of ether oxygens (including phenoxy) is 1. The highest BCUT2D eigenvalue weighted by atomic mass is 35.5. The quantitative estimate of drug-likeness (QED) is 0.630. The molecule has 0 aliphatic heterocycles. The molecule has 1 rings (SSSR count). The minimum atomic E-state index is -0.957. The summed E-state index contributed by atoms with van der Waals surface area (Å²) in [4.78, 5) is 4.26. The van der Waals surface area contributed by atoms with Gasteiger partial charge in [-0.25, -0.2) is 14.7 Å². The van der Waals surface area contributed by atoms with E-state index in [1.807, 2.05) is 0 Å². The summed E-state index contributed by atoms with van der Waals surface area (Å²) < 4.78 is 30.9. The van der Waals surface area contributed by atoms with Gasteiger partial charge >= 0.3 is 0 Å². The molecule has 6 heteroatoms. The van der Waals surface area contributed by atoms with Crippen LogP contribution in [-0.4, -0.2) is 7.11 Å². The van der Waals surface area contributed by atoms with Gasteiger partial charge in [0.05, 0.1) is 13.7 Å². The average molecular weight is 224 g/mol. The van der Waals surface area contributed by atoms with Crippen molar-refractivity contribution in [2.45, 2.75) is 6.61 Å². The number of rotatable bonds is 3. The van der Waals surface area contributed by atoms with Crippen molar-refractivity contribution in [3.8, 4) is 5.75 Å². The van der Waals surface area contributed by atoms with Gasteiger partial charge in [-0.1, -0.05) is 11.6 Å². The van der Waals surface area contributed by atoms with E-state index in [0.717, 1.165) is 6.07 Å². The molecule has 0 radical (unpaired) electrons. The van der Waals surface area contributed by atoms with Gasteiger partial charge in [0, 0.05) is 5.56 Å². The van der Waals surface area contributed by atoms with Crippen LogP contribution in [0.1, 0.15) is 5.56 Å². The molecule has 0 aliphatic rings. The zero-order valence-electron chi connectivity index (χ0n) is 7.31. The van der Waals surface area contributed by atoms with Crippen LogP contribution < -0.4 is 10.6 Å². The smallest absolute Gasteiger partial charge is 0.186 e. The zero-order chi connectivity index (χ0) is 10.7. The van der Waals surface area contributed by atoms with E-state index in [0.29, 0.717) is 0 Å². The number of methoxy groups -OCH3 is 1. The van der Waals surface area contributed by atoms with Crippen LogP contribution in [0.4, 0.5) is 8.78 Å². The highest BCUT2D eigenvalue weighted by Crippen LogP contribution is 2.31. The van der Waals surface area contributed by atoms with E-state index in [1.54, 1.807) is 0 Å². The molecule has 2 N–H and O–H groups in total. The molecule has 0 spiro atoms. The van der Waals surface area contributed by atoms with Gasteiger partial charge in [0.1, 0.15) is 10.8 Å². The molecule has 0 amide bonds. The number of halogens is 3. The molecule has 78 valence electrons. The van der Waals surface area contributed by atoms with Crippen molar-refractivity contribution < 1.29 is 18.4 Å². The maximum Gasteiger partial charge on any atom is 0.186 e. The third-order valence-electron chi connectivity index (χ3n) is 1.64. The van der Waals surface area contributed by atoms with Crippen molar-refractivity contribution in [3.05, 3.63) is 28.3 Å². The predicted molar refractivity (Wildman–Crippen MR) is 46.9 cm³/mol. The Morgan fingerprint density at radius 1 is 1.50 bits per heavy atom. The van der Waals surface area contributed by atoms with E-state index in [4.69, 9.17) is 22.2 Å². The molecule has 0 saturated carbocycles. The monoisotopic (exact) mass is 223 g/mol. The topological polar surface area (TPSA) is 44.5 Å². The van der Waals surface area contributed by atoms with E-state index >= 15 is 0 Å². The summed E-state index contributed by atoms with van der Waals surface area (Å²) in [5.74, 6) is 2.79. The summed E-state index contributed by atoms with van der Waals surface area (Å²) in [5, 5.41) is -0.609. The second-order valence-electron chi connectivity index (χ2n) is 2.49. The molecule has 0 atom stereocenters. The lowest BCUT2D eigenvalue weighted by Gasteiger charge is -2.09. The fraction of sp³-hybridized carbons (Fsp3) is 0.250. The molecular weight excluding hydrogens is 216 g/mol. The first-order valence-corrected chi connectivity index (χ1v) is 4.01. The van der Waals surface area contributed by atoms with Gasteiger partial charge in [-0.15, -0.1) is 0 Å². The van der Waals surface area contributed by atoms with E-state index in [1.165, 1.54) is 7.11 Å². The van der Waals surface area contributed by atoms with Gasteiger partial charge < -0.3 is 4.74 Å². The van der Waals surface area contributed by atoms with Crippen LogP contribution in [0.25, 0.3) is 0 Å². The van der Waals surface area contributed by atoms with Gasteiger partial charge in [0.15, 0.2) is 11.6 Å². The highest BCUT2D eigenvalue weighted by molar-refractivity contribution is 6.31. The van der Waals surface area contributed by atoms with Crippen molar-refractivity contribution in [1.82, 2.24) is 0 Å². The number of hydrogen-bond donors (Lipinski definition) is 1. The SMILES string of the molecule is COc1c(CON)cc(F)c(Cl)c1F. The van der Waals surface area contributed by atoms with Crippen molar-refractivity contribution >= 4 is 11.6 Å². The van der Waals surface area contributed by atoms with Crippen LogP contribution >= 0.6 is 11.6 Å². The zero-order valence-corrected chi connectivity index (χ0v) is 8.07. The van der Waals surface area contributed by atoms with E-state index in [2.05, 4.69) is 4.84 Å². The maximum absolute atomic E-state index is 13.3. The lowest BCUT2D eigenvalue weighted by Crippen LogP contribution is -2.04. The second kappa shape index (κ2) is 4.54. The Bertz CT molecular complexity index is 347. The molecule has 0 heterocycles. The molecule has 14 heavy (non-hydrogen) atoms. The van der Waals surface area contributed by atoms with Crippen LogP contribution in [-0.2, 0) is 11.4 Å². The number of nitrogens with two attached hydrogens (primary N) is 1. The Hall–Kier alpha value is -0.910. The fourth-order valence-corrected chi connectivity index (χ4v) is 1.19. The Morgan fingerprint density at radius 2 is 2.14 bits per heavy atom. The summed E-state index contributed by atoms with van der Waals surface area (Å²) in [6.07, 6.45) is 0. The molecule has 1 aromatic carbocycles. The fourth-order valence-electron chi connectivity index (χ4n) is 1.05. The molecule has 0 bridgehead atoms. The van der Waals surface area contributed by atoms with Gasteiger partial charge in [-0.2, -0.15) is 0 Å². The van der Waals surface area contributed by atoms with Crippen LogP contribution in [0.15, 0.2) is 6.07 Å². The number of benzene rings is 1. The van der Waals surface area contributed by atoms with Crippen LogP contribution in [0.5, 0.6) is 5.75 Å². The third-order valence-corrected chi connectivity index (χ3v) is 1.98. The standard InChI is InChI=1S/C8H8ClF2NO2/c1-13-8-4(3-14-12)2-5(10)6(9)7(8)11/h2H,3,12H2,1H3. The van der Waals surface area contributed by atoms with E-state index < -0.39 is 16.7 Å². The van der Waals surface area contributed by atoms with Crippen molar-refractivity contribution in [3.63, 3.8) is 0 Å². The van der Waals surface area contributed by atoms with Crippen LogP contribution in [0.3, 0.4) is 0 Å². The Labute approximate surface area is 84.3 Å². The first-order chi connectivity index (χ1) is 6.61. The molecule has 0 fully saturated rings. The lowest BCUT2D eigenvalue weighted by molar-refractivity contribution is 0.121. The van der Waals surface area contributed by atoms with E-state index in [-0.39, 0.29) is 17.9 Å². The van der Waals surface area contributed by atoms with Crippen molar-refractivity contribution in [1.29, 1.82) is 0 Å². The molecule has 0 unspecified atom stereocenters. The molecule has 0 aromatic heterocycles. The molecule has 1 aromatic rings. The highest BCUT2D eigenvalue weighted by Gasteiger charge is 2.17. The molecule has 0 saturated heterocycles. The normalized spacial score (nSPS) is 10.4. The Balaban J connectivity index is 3.28. The third kappa shape index (κ3) is 1.95. The largest absolute Gasteiger partial charge is 0.493 e. The minimum absolute atomic E-state index is 0.159. The van der Waals surface area contributed by atoms with Gasteiger partial charge in [-0.3, -0.25) is 4.84 Å². The summed E-state index contributed by atoms with van der Waals surface area (Å²) in [5.41, 5.74) is 0.161. The van der Waals surface area contributed by atoms with Crippen LogP contribution in [0.2, 0.25) is 5.02 Å². The first kappa shape index (κ1) is 11.2. The van der Waals surface area contributed by atoms with Crippen LogP contribution in [0, 0.1) is 11.6 Å².